The van der Waals surface area contributed by atoms with Gasteiger partial charge in [0.05, 0.1) is 0 Å². The first-order chi connectivity index (χ1) is 5.33. The lowest BCUT2D eigenvalue weighted by Gasteiger charge is -1.90. The third-order valence-electron chi connectivity index (χ3n) is 1.24. The van der Waals surface area contributed by atoms with Crippen molar-refractivity contribution in [1.29, 1.82) is 0 Å². The molecule has 0 atom stereocenters. The molecule has 1 aromatic carbocycles. The maximum absolute atomic E-state index is 9.93. The Kier molecular flexibility index (Phi) is 2.87. The molecular weight excluding hydrogens is 160 g/mol. The monoisotopic (exact) mass is 166 g/mol. The molecule has 0 saturated carbocycles. The fourth-order valence-corrected chi connectivity index (χ4v) is 0.850. The Labute approximate surface area is 70.3 Å². The Hall–Kier alpha value is -1.08. The summed E-state index contributed by atoms with van der Waals surface area (Å²) >= 11 is 5.65. The fraction of sp³-hybridized carbons (Fsp3) is 0. The first-order valence-corrected chi connectivity index (χ1v) is 3.58. The fourth-order valence-electron chi connectivity index (χ4n) is 0.724. The Morgan fingerprint density at radius 2 is 1.82 bits per heavy atom. The first kappa shape index (κ1) is 8.02. The Morgan fingerprint density at radius 3 is 2.36 bits per heavy atom. The van der Waals surface area contributed by atoms with Crippen molar-refractivity contribution in [1.82, 2.24) is 0 Å². The highest BCUT2D eigenvalue weighted by atomic mass is 35.5. The van der Waals surface area contributed by atoms with Gasteiger partial charge in [0.25, 0.3) is 0 Å². The second-order valence-electron chi connectivity index (χ2n) is 2.05. The molecule has 0 N–H and O–H groups in total. The third kappa shape index (κ3) is 2.56. The Balaban J connectivity index is 2.81. The number of aldehydes is 1. The van der Waals surface area contributed by atoms with Crippen molar-refractivity contribution in [3.05, 3.63) is 40.9 Å². The molecule has 0 aliphatic heterocycles. The average molecular weight is 167 g/mol. The number of allylic oxidation sites excluding steroid dienone is 1. The van der Waals surface area contributed by atoms with Gasteiger partial charge in [-0.15, -0.1) is 0 Å². The van der Waals surface area contributed by atoms with E-state index in [2.05, 4.69) is 0 Å². The summed E-state index contributed by atoms with van der Waals surface area (Å²) in [5, 5.41) is 0.702. The minimum absolute atomic E-state index is 0.702. The lowest BCUT2D eigenvalue weighted by molar-refractivity contribution is -0.104. The van der Waals surface area contributed by atoms with Gasteiger partial charge >= 0.3 is 0 Å². The van der Waals surface area contributed by atoms with Crippen LogP contribution in [0.1, 0.15) is 5.56 Å². The molecule has 0 aromatic heterocycles. The molecule has 1 aromatic rings. The van der Waals surface area contributed by atoms with E-state index in [9.17, 15) is 4.79 Å². The van der Waals surface area contributed by atoms with Gasteiger partial charge in [-0.05, 0) is 23.8 Å². The van der Waals surface area contributed by atoms with Gasteiger partial charge in [0.2, 0.25) is 0 Å². The van der Waals surface area contributed by atoms with E-state index in [0.717, 1.165) is 11.8 Å². The van der Waals surface area contributed by atoms with Crippen molar-refractivity contribution in [2.75, 3.05) is 0 Å². The van der Waals surface area contributed by atoms with Crippen LogP contribution in [0.25, 0.3) is 6.08 Å². The maximum atomic E-state index is 9.93. The van der Waals surface area contributed by atoms with Crippen molar-refractivity contribution in [2.24, 2.45) is 0 Å². The first-order valence-electron chi connectivity index (χ1n) is 3.20. The zero-order valence-electron chi connectivity index (χ0n) is 5.83. The predicted octanol–water partition coefficient (Wildman–Crippen LogP) is 2.55. The lowest BCUT2D eigenvalue weighted by atomic mass is 10.2. The highest BCUT2D eigenvalue weighted by molar-refractivity contribution is 6.30. The minimum Gasteiger partial charge on any atom is -0.299 e. The number of carbonyl (C=O) groups excluding carboxylic acids is 1. The van der Waals surface area contributed by atoms with Gasteiger partial charge in [0.1, 0.15) is 6.29 Å². The zero-order chi connectivity index (χ0) is 8.10. The molecule has 0 radical (unpaired) electrons. The van der Waals surface area contributed by atoms with Crippen LogP contribution in [0.3, 0.4) is 0 Å². The van der Waals surface area contributed by atoms with E-state index in [1.54, 1.807) is 18.2 Å². The summed E-state index contributed by atoms with van der Waals surface area (Å²) in [6.07, 6.45) is 3.92. The van der Waals surface area contributed by atoms with Gasteiger partial charge in [-0.2, -0.15) is 0 Å². The Morgan fingerprint density at radius 1 is 1.18 bits per heavy atom. The molecule has 0 amide bonds. The normalized spacial score (nSPS) is 10.3. The summed E-state index contributed by atoms with van der Waals surface area (Å²) in [4.78, 5) is 9.93. The molecule has 11 heavy (non-hydrogen) atoms. The number of hydrogen-bond acceptors (Lipinski definition) is 1. The van der Waals surface area contributed by atoms with Crippen LogP contribution < -0.4 is 0 Å². The highest BCUT2D eigenvalue weighted by Crippen LogP contribution is 2.09. The molecule has 0 spiro atoms. The van der Waals surface area contributed by atoms with E-state index in [0.29, 0.717) is 5.02 Å². The summed E-state index contributed by atoms with van der Waals surface area (Å²) in [6.45, 7) is 0. The number of rotatable bonds is 2. The zero-order valence-corrected chi connectivity index (χ0v) is 6.58. The van der Waals surface area contributed by atoms with Crippen LogP contribution in [0.5, 0.6) is 0 Å². The van der Waals surface area contributed by atoms with Crippen molar-refractivity contribution < 1.29 is 4.79 Å². The van der Waals surface area contributed by atoms with Crippen LogP contribution in [0.4, 0.5) is 0 Å². The van der Waals surface area contributed by atoms with Gasteiger partial charge in [-0.3, -0.25) is 4.79 Å². The van der Waals surface area contributed by atoms with Gasteiger partial charge in [-0.25, -0.2) is 0 Å². The Bertz CT molecular complexity index is 261. The molecule has 1 nitrogen and oxygen atoms in total. The van der Waals surface area contributed by atoms with Gasteiger partial charge in [0, 0.05) is 5.02 Å². The number of benzene rings is 1. The number of hydrogen-bond donors (Lipinski definition) is 0. The molecular formula is C9H7ClO. The van der Waals surface area contributed by atoms with Gasteiger partial charge < -0.3 is 0 Å². The van der Waals surface area contributed by atoms with Crippen LogP contribution in [0.15, 0.2) is 30.3 Å². The SMILES string of the molecule is O=C/C=C\c1ccc(Cl)cc1. The second-order valence-corrected chi connectivity index (χ2v) is 2.48. The van der Waals surface area contributed by atoms with Gasteiger partial charge in [-0.1, -0.05) is 29.8 Å². The van der Waals surface area contributed by atoms with E-state index < -0.39 is 0 Å². The van der Waals surface area contributed by atoms with Crippen molar-refractivity contribution in [2.45, 2.75) is 0 Å². The van der Waals surface area contributed by atoms with E-state index in [4.69, 9.17) is 11.6 Å². The molecule has 2 heteroatoms. The van der Waals surface area contributed by atoms with Crippen LogP contribution >= 0.6 is 11.6 Å². The van der Waals surface area contributed by atoms with E-state index in [1.807, 2.05) is 12.1 Å². The summed E-state index contributed by atoms with van der Waals surface area (Å²) < 4.78 is 0. The van der Waals surface area contributed by atoms with Crippen LogP contribution in [-0.2, 0) is 4.79 Å². The highest BCUT2D eigenvalue weighted by Gasteiger charge is 1.85. The predicted molar refractivity (Wildman–Crippen MR) is 46.6 cm³/mol. The molecule has 0 fully saturated rings. The molecule has 0 saturated heterocycles. The smallest absolute Gasteiger partial charge is 0.142 e. The summed E-state index contributed by atoms with van der Waals surface area (Å²) in [5.41, 5.74) is 0.974. The second kappa shape index (κ2) is 3.94. The lowest BCUT2D eigenvalue weighted by Crippen LogP contribution is -1.70. The molecule has 0 bridgehead atoms. The van der Waals surface area contributed by atoms with Crippen LogP contribution in [0.2, 0.25) is 5.02 Å². The molecule has 0 heterocycles. The topological polar surface area (TPSA) is 17.1 Å². The maximum Gasteiger partial charge on any atom is 0.142 e. The van der Waals surface area contributed by atoms with Crippen molar-refractivity contribution >= 4 is 24.0 Å². The molecule has 0 aliphatic rings. The van der Waals surface area contributed by atoms with E-state index in [1.165, 1.54) is 6.08 Å². The summed E-state index contributed by atoms with van der Waals surface area (Å²) in [7, 11) is 0. The van der Waals surface area contributed by atoms with Crippen molar-refractivity contribution in [3.8, 4) is 0 Å². The largest absolute Gasteiger partial charge is 0.299 e. The number of carbonyl (C=O) groups is 1. The standard InChI is InChI=1S/C9H7ClO/c10-9-5-3-8(4-6-9)2-1-7-11/h1-7H/b2-1-. The van der Waals surface area contributed by atoms with E-state index >= 15 is 0 Å². The van der Waals surface area contributed by atoms with Crippen LogP contribution in [0, 0.1) is 0 Å². The molecule has 0 unspecified atom stereocenters. The average Bonchev–Trinajstić information content (AvgIpc) is 2.04. The quantitative estimate of drug-likeness (QED) is 0.488. The molecule has 56 valence electrons. The molecule has 1 rings (SSSR count). The number of halogens is 1. The van der Waals surface area contributed by atoms with E-state index in [-0.39, 0.29) is 0 Å². The minimum atomic E-state index is 0.702. The summed E-state index contributed by atoms with van der Waals surface area (Å²) in [5.74, 6) is 0. The molecule has 0 aliphatic carbocycles. The van der Waals surface area contributed by atoms with Crippen LogP contribution in [-0.4, -0.2) is 6.29 Å². The third-order valence-corrected chi connectivity index (χ3v) is 1.49. The van der Waals surface area contributed by atoms with Gasteiger partial charge in [0.15, 0.2) is 0 Å². The summed E-state index contributed by atoms with van der Waals surface area (Å²) in [6, 6.07) is 7.27. The van der Waals surface area contributed by atoms with Crippen molar-refractivity contribution in [3.63, 3.8) is 0 Å².